The monoisotopic (exact) mass is 266 g/mol. The van der Waals surface area contributed by atoms with Gasteiger partial charge < -0.3 is 5.11 Å². The van der Waals surface area contributed by atoms with Gasteiger partial charge in [0.25, 0.3) is 0 Å². The molecule has 1 rings (SSSR count). The first-order valence-electron chi connectivity index (χ1n) is 6.10. The van der Waals surface area contributed by atoms with Crippen LogP contribution in [0, 0.1) is 0 Å². The third kappa shape index (κ3) is 7.12. The molecule has 0 radical (unpaired) electrons. The van der Waals surface area contributed by atoms with E-state index in [1.807, 2.05) is 30.3 Å². The van der Waals surface area contributed by atoms with E-state index in [2.05, 4.69) is 0 Å². The molecule has 98 valence electrons. The molecule has 0 bridgehead atoms. The lowest BCUT2D eigenvalue weighted by atomic mass is 10.1. The number of thioether (sulfide) groups is 1. The highest BCUT2D eigenvalue weighted by molar-refractivity contribution is 8.13. The van der Waals surface area contributed by atoms with E-state index in [0.29, 0.717) is 12.8 Å². The van der Waals surface area contributed by atoms with Crippen LogP contribution in [0.4, 0.5) is 0 Å². The maximum atomic E-state index is 11.6. The molecule has 18 heavy (non-hydrogen) atoms. The maximum Gasteiger partial charge on any atom is 0.303 e. The summed E-state index contributed by atoms with van der Waals surface area (Å²) in [6, 6.07) is 9.94. The van der Waals surface area contributed by atoms with E-state index in [0.717, 1.165) is 18.6 Å². The number of hydrogen-bond acceptors (Lipinski definition) is 3. The first kappa shape index (κ1) is 14.8. The van der Waals surface area contributed by atoms with Crippen LogP contribution in [0.1, 0.15) is 31.2 Å². The van der Waals surface area contributed by atoms with Gasteiger partial charge in [-0.2, -0.15) is 0 Å². The zero-order chi connectivity index (χ0) is 13.2. The zero-order valence-electron chi connectivity index (χ0n) is 10.3. The summed E-state index contributed by atoms with van der Waals surface area (Å²) >= 11 is 1.32. The third-order valence-electron chi connectivity index (χ3n) is 2.51. The second-order valence-corrected chi connectivity index (χ2v) is 5.21. The fourth-order valence-electron chi connectivity index (χ4n) is 1.53. The van der Waals surface area contributed by atoms with Crippen molar-refractivity contribution in [2.45, 2.75) is 32.1 Å². The van der Waals surface area contributed by atoms with E-state index in [9.17, 15) is 9.59 Å². The number of carbonyl (C=O) groups excluding carboxylic acids is 1. The Morgan fingerprint density at radius 1 is 1.06 bits per heavy atom. The van der Waals surface area contributed by atoms with Gasteiger partial charge in [-0.1, -0.05) is 42.1 Å². The highest BCUT2D eigenvalue weighted by Crippen LogP contribution is 2.12. The number of hydrogen-bond donors (Lipinski definition) is 1. The quantitative estimate of drug-likeness (QED) is 0.734. The molecule has 1 N–H and O–H groups in total. The van der Waals surface area contributed by atoms with Crippen molar-refractivity contribution >= 4 is 22.8 Å². The molecule has 0 aliphatic carbocycles. The molecule has 0 aliphatic heterocycles. The predicted molar refractivity (Wildman–Crippen MR) is 73.7 cm³/mol. The van der Waals surface area contributed by atoms with Gasteiger partial charge >= 0.3 is 5.97 Å². The number of rotatable bonds is 8. The SMILES string of the molecule is O=C(O)CCCCSC(=O)CCc1ccccc1. The lowest BCUT2D eigenvalue weighted by Gasteiger charge is -2.01. The summed E-state index contributed by atoms with van der Waals surface area (Å²) in [6.07, 6.45) is 2.95. The Kier molecular flexibility index (Phi) is 7.18. The van der Waals surface area contributed by atoms with Crippen molar-refractivity contribution < 1.29 is 14.7 Å². The molecular weight excluding hydrogens is 248 g/mol. The van der Waals surface area contributed by atoms with E-state index in [4.69, 9.17) is 5.11 Å². The highest BCUT2D eigenvalue weighted by Gasteiger charge is 2.04. The first-order valence-corrected chi connectivity index (χ1v) is 7.08. The average molecular weight is 266 g/mol. The standard InChI is InChI=1S/C14H18O3S/c15-13(16)8-4-5-11-18-14(17)10-9-12-6-2-1-3-7-12/h1-3,6-7H,4-5,8-11H2,(H,15,16). The number of carboxylic acids is 1. The molecule has 0 heterocycles. The van der Waals surface area contributed by atoms with E-state index < -0.39 is 5.97 Å². The predicted octanol–water partition coefficient (Wildman–Crippen LogP) is 3.13. The molecule has 0 aromatic heterocycles. The van der Waals surface area contributed by atoms with Gasteiger partial charge in [-0.25, -0.2) is 0 Å². The molecule has 4 heteroatoms. The van der Waals surface area contributed by atoms with Gasteiger partial charge in [0.15, 0.2) is 5.12 Å². The molecule has 0 atom stereocenters. The molecule has 0 aliphatic rings. The Hall–Kier alpha value is -1.29. The summed E-state index contributed by atoms with van der Waals surface area (Å²) in [4.78, 5) is 21.8. The summed E-state index contributed by atoms with van der Waals surface area (Å²) in [5, 5.41) is 8.65. The fourth-order valence-corrected chi connectivity index (χ4v) is 2.35. The molecular formula is C14H18O3S. The van der Waals surface area contributed by atoms with Crippen LogP contribution in [0.2, 0.25) is 0 Å². The van der Waals surface area contributed by atoms with Crippen molar-refractivity contribution in [3.63, 3.8) is 0 Å². The minimum absolute atomic E-state index is 0.189. The summed E-state index contributed by atoms with van der Waals surface area (Å²) in [7, 11) is 0. The summed E-state index contributed by atoms with van der Waals surface area (Å²) in [5.74, 6) is -0.0450. The lowest BCUT2D eigenvalue weighted by molar-refractivity contribution is -0.137. The minimum atomic E-state index is -0.768. The van der Waals surface area contributed by atoms with Crippen molar-refractivity contribution in [2.24, 2.45) is 0 Å². The van der Waals surface area contributed by atoms with E-state index in [1.165, 1.54) is 17.3 Å². The van der Waals surface area contributed by atoms with Crippen molar-refractivity contribution in [1.29, 1.82) is 0 Å². The molecule has 1 aromatic rings. The zero-order valence-corrected chi connectivity index (χ0v) is 11.1. The molecule has 0 saturated carbocycles. The number of aliphatic carboxylic acids is 1. The lowest BCUT2D eigenvalue weighted by Crippen LogP contribution is -1.98. The molecule has 0 unspecified atom stereocenters. The summed E-state index contributed by atoms with van der Waals surface area (Å²) in [6.45, 7) is 0. The molecule has 1 aromatic carbocycles. The van der Waals surface area contributed by atoms with Gasteiger partial charge in [0, 0.05) is 18.6 Å². The van der Waals surface area contributed by atoms with E-state index in [1.54, 1.807) is 0 Å². The minimum Gasteiger partial charge on any atom is -0.481 e. The number of aryl methyl sites for hydroxylation is 1. The molecule has 0 saturated heterocycles. The maximum absolute atomic E-state index is 11.6. The fraction of sp³-hybridized carbons (Fsp3) is 0.429. The van der Waals surface area contributed by atoms with Crippen molar-refractivity contribution in [3.05, 3.63) is 35.9 Å². The van der Waals surface area contributed by atoms with Crippen LogP contribution in [0.15, 0.2) is 30.3 Å². The Bertz CT molecular complexity index is 376. The van der Waals surface area contributed by atoms with Crippen LogP contribution in [-0.2, 0) is 16.0 Å². The first-order chi connectivity index (χ1) is 8.68. The summed E-state index contributed by atoms with van der Waals surface area (Å²) in [5.41, 5.74) is 1.18. The van der Waals surface area contributed by atoms with Gasteiger partial charge in [-0.15, -0.1) is 0 Å². The number of carbonyl (C=O) groups is 2. The average Bonchev–Trinajstić information content (AvgIpc) is 2.37. The molecule has 3 nitrogen and oxygen atoms in total. The van der Waals surface area contributed by atoms with Crippen molar-refractivity contribution in [2.75, 3.05) is 5.75 Å². The molecule has 0 fully saturated rings. The van der Waals surface area contributed by atoms with Crippen molar-refractivity contribution in [3.8, 4) is 0 Å². The Morgan fingerprint density at radius 3 is 2.44 bits per heavy atom. The van der Waals surface area contributed by atoms with Crippen molar-refractivity contribution in [1.82, 2.24) is 0 Å². The molecule has 0 amide bonds. The second kappa shape index (κ2) is 8.75. The third-order valence-corrected chi connectivity index (χ3v) is 3.53. The van der Waals surface area contributed by atoms with Gasteiger partial charge in [0.2, 0.25) is 0 Å². The van der Waals surface area contributed by atoms with Crippen LogP contribution in [0.25, 0.3) is 0 Å². The second-order valence-electron chi connectivity index (χ2n) is 4.06. The van der Waals surface area contributed by atoms with E-state index >= 15 is 0 Å². The van der Waals surface area contributed by atoms with Gasteiger partial charge in [-0.05, 0) is 24.8 Å². The number of benzene rings is 1. The largest absolute Gasteiger partial charge is 0.481 e. The topological polar surface area (TPSA) is 54.4 Å². The summed E-state index contributed by atoms with van der Waals surface area (Å²) < 4.78 is 0. The Balaban J connectivity index is 2.06. The number of carboxylic acid groups (broad SMARTS) is 1. The van der Waals surface area contributed by atoms with E-state index in [-0.39, 0.29) is 11.5 Å². The van der Waals surface area contributed by atoms with Crippen LogP contribution in [0.3, 0.4) is 0 Å². The van der Waals surface area contributed by atoms with Crippen LogP contribution in [0.5, 0.6) is 0 Å². The normalized spacial score (nSPS) is 10.2. The van der Waals surface area contributed by atoms with Crippen LogP contribution >= 0.6 is 11.8 Å². The van der Waals surface area contributed by atoms with Gasteiger partial charge in [0.1, 0.15) is 0 Å². The van der Waals surface area contributed by atoms with Gasteiger partial charge in [-0.3, -0.25) is 9.59 Å². The van der Waals surface area contributed by atoms with Crippen LogP contribution in [-0.4, -0.2) is 21.9 Å². The smallest absolute Gasteiger partial charge is 0.303 e. The Morgan fingerprint density at radius 2 is 1.78 bits per heavy atom. The molecule has 0 spiro atoms. The van der Waals surface area contributed by atoms with Crippen LogP contribution < -0.4 is 0 Å². The number of unbranched alkanes of at least 4 members (excludes halogenated alkanes) is 1. The van der Waals surface area contributed by atoms with Gasteiger partial charge in [0.05, 0.1) is 0 Å². The Labute approximate surface area is 112 Å². The highest BCUT2D eigenvalue weighted by atomic mass is 32.2.